The summed E-state index contributed by atoms with van der Waals surface area (Å²) in [5.41, 5.74) is 2.70. The molecule has 0 atom stereocenters. The molecule has 1 nitrogen and oxygen atoms in total. The molecule has 0 saturated heterocycles. The van der Waals surface area contributed by atoms with E-state index in [1.807, 2.05) is 11.9 Å². The molecule has 0 aliphatic carbocycles. The second-order valence-corrected chi connectivity index (χ2v) is 8.02. The molecule has 0 aliphatic heterocycles. The normalized spacial score (nSPS) is 11.6. The summed E-state index contributed by atoms with van der Waals surface area (Å²) in [5.74, 6) is 1.21. The highest BCUT2D eigenvalue weighted by atomic mass is 32.2. The number of rotatable bonds is 11. The molecule has 0 bridgehead atoms. The fourth-order valence-corrected chi connectivity index (χ4v) is 4.71. The molecule has 0 N–H and O–H groups in total. The summed E-state index contributed by atoms with van der Waals surface area (Å²) in [4.78, 5) is 0. The zero-order valence-corrected chi connectivity index (χ0v) is 16.4. The van der Waals surface area contributed by atoms with Gasteiger partial charge in [0.1, 0.15) is 0 Å². The van der Waals surface area contributed by atoms with Crippen LogP contribution in [0.2, 0.25) is 0 Å². The fraction of sp³-hybridized carbons (Fsp3) is 0.478. The topological polar surface area (TPSA) is 4.93 Å². The van der Waals surface area contributed by atoms with Crippen molar-refractivity contribution in [3.8, 4) is 0 Å². The molecule has 1 aromatic heterocycles. The van der Waals surface area contributed by atoms with Crippen LogP contribution in [0.5, 0.6) is 0 Å². The van der Waals surface area contributed by atoms with Crippen LogP contribution in [0.4, 0.5) is 0 Å². The molecule has 25 heavy (non-hydrogen) atoms. The lowest BCUT2D eigenvalue weighted by molar-refractivity contribution is 0.573. The Morgan fingerprint density at radius 2 is 1.12 bits per heavy atom. The number of para-hydroxylation sites is 2. The van der Waals surface area contributed by atoms with Gasteiger partial charge in [-0.2, -0.15) is 0 Å². The maximum absolute atomic E-state index is 2.44. The molecule has 2 heteroatoms. The van der Waals surface area contributed by atoms with E-state index in [2.05, 4.69) is 59.4 Å². The second kappa shape index (κ2) is 9.91. The van der Waals surface area contributed by atoms with E-state index in [4.69, 9.17) is 0 Å². The molecule has 0 amide bonds. The van der Waals surface area contributed by atoms with Gasteiger partial charge in [-0.3, -0.25) is 3.97 Å². The number of unbranched alkanes of at least 4 members (excludes halogenated alkanes) is 8. The van der Waals surface area contributed by atoms with Crippen molar-refractivity contribution in [3.05, 3.63) is 48.5 Å². The summed E-state index contributed by atoms with van der Waals surface area (Å²) in [6, 6.07) is 17.6. The van der Waals surface area contributed by atoms with Crippen molar-refractivity contribution in [3.63, 3.8) is 0 Å². The van der Waals surface area contributed by atoms with Crippen LogP contribution in [0, 0.1) is 0 Å². The van der Waals surface area contributed by atoms with Crippen molar-refractivity contribution >= 4 is 33.8 Å². The molecule has 0 fully saturated rings. The Balaban J connectivity index is 1.47. The Kier molecular flexibility index (Phi) is 7.29. The van der Waals surface area contributed by atoms with Gasteiger partial charge in [-0.1, -0.05) is 94.7 Å². The maximum Gasteiger partial charge on any atom is 0.0604 e. The van der Waals surface area contributed by atoms with E-state index in [9.17, 15) is 0 Å². The summed E-state index contributed by atoms with van der Waals surface area (Å²) in [5, 5.41) is 2.75. The van der Waals surface area contributed by atoms with Crippen molar-refractivity contribution < 1.29 is 0 Å². The van der Waals surface area contributed by atoms with Gasteiger partial charge in [0.05, 0.1) is 11.0 Å². The average Bonchev–Trinajstić information content (AvgIpc) is 2.97. The Hall–Kier alpha value is -1.41. The third kappa shape index (κ3) is 4.82. The van der Waals surface area contributed by atoms with Gasteiger partial charge in [-0.05, 0) is 30.5 Å². The van der Waals surface area contributed by atoms with Gasteiger partial charge in [0.25, 0.3) is 0 Å². The third-order valence-corrected chi connectivity index (χ3v) is 6.13. The lowest BCUT2D eigenvalue weighted by Gasteiger charge is -2.06. The predicted octanol–water partition coefficient (Wildman–Crippen LogP) is 7.82. The summed E-state index contributed by atoms with van der Waals surface area (Å²) < 4.78 is 2.44. The van der Waals surface area contributed by atoms with E-state index in [1.54, 1.807) is 0 Å². The van der Waals surface area contributed by atoms with Crippen LogP contribution in [-0.4, -0.2) is 9.73 Å². The molecular formula is C23H31NS. The Morgan fingerprint density at radius 1 is 0.640 bits per heavy atom. The molecule has 134 valence electrons. The van der Waals surface area contributed by atoms with Gasteiger partial charge in [-0.25, -0.2) is 0 Å². The SMILES string of the molecule is CCCCCCCCCCCSn1c2ccccc2c2ccccc21. The van der Waals surface area contributed by atoms with E-state index in [1.165, 1.54) is 85.3 Å². The molecular weight excluding hydrogens is 322 g/mol. The van der Waals surface area contributed by atoms with Gasteiger partial charge < -0.3 is 0 Å². The van der Waals surface area contributed by atoms with E-state index in [0.29, 0.717) is 0 Å². The van der Waals surface area contributed by atoms with Crippen molar-refractivity contribution in [2.24, 2.45) is 0 Å². The van der Waals surface area contributed by atoms with Crippen molar-refractivity contribution in [1.29, 1.82) is 0 Å². The number of hydrogen-bond donors (Lipinski definition) is 0. The average molecular weight is 354 g/mol. The van der Waals surface area contributed by atoms with Crippen LogP contribution in [0.3, 0.4) is 0 Å². The van der Waals surface area contributed by atoms with Gasteiger partial charge in [0.15, 0.2) is 0 Å². The number of nitrogens with zero attached hydrogens (tertiary/aromatic N) is 1. The van der Waals surface area contributed by atoms with E-state index in [-0.39, 0.29) is 0 Å². The highest BCUT2D eigenvalue weighted by Gasteiger charge is 2.09. The lowest BCUT2D eigenvalue weighted by Crippen LogP contribution is -1.90. The molecule has 0 saturated carbocycles. The van der Waals surface area contributed by atoms with Crippen LogP contribution in [0.25, 0.3) is 21.8 Å². The molecule has 3 rings (SSSR count). The van der Waals surface area contributed by atoms with E-state index >= 15 is 0 Å². The minimum absolute atomic E-state index is 1.21. The zero-order valence-electron chi connectivity index (χ0n) is 15.5. The Morgan fingerprint density at radius 3 is 1.68 bits per heavy atom. The quantitative estimate of drug-likeness (QED) is 0.318. The second-order valence-electron chi connectivity index (χ2n) is 6.99. The van der Waals surface area contributed by atoms with Crippen LogP contribution in [0.1, 0.15) is 64.7 Å². The Labute approximate surface area is 156 Å². The molecule has 0 unspecified atom stereocenters. The molecule has 1 heterocycles. The molecule has 3 aromatic rings. The van der Waals surface area contributed by atoms with Crippen LogP contribution in [-0.2, 0) is 0 Å². The lowest BCUT2D eigenvalue weighted by atomic mass is 10.1. The first-order valence-corrected chi connectivity index (χ1v) is 11.0. The highest BCUT2D eigenvalue weighted by molar-refractivity contribution is 7.98. The van der Waals surface area contributed by atoms with Gasteiger partial charge >= 0.3 is 0 Å². The van der Waals surface area contributed by atoms with Crippen molar-refractivity contribution in [1.82, 2.24) is 3.97 Å². The van der Waals surface area contributed by atoms with Gasteiger partial charge in [0, 0.05) is 16.5 Å². The first-order chi connectivity index (χ1) is 12.4. The maximum atomic E-state index is 2.44. The summed E-state index contributed by atoms with van der Waals surface area (Å²) in [6.45, 7) is 2.29. The number of aromatic nitrogens is 1. The molecule has 0 aliphatic rings. The minimum atomic E-state index is 1.21. The van der Waals surface area contributed by atoms with Crippen molar-refractivity contribution in [2.45, 2.75) is 64.7 Å². The number of benzene rings is 2. The summed E-state index contributed by atoms with van der Waals surface area (Å²) >= 11 is 1.98. The van der Waals surface area contributed by atoms with Crippen LogP contribution >= 0.6 is 11.9 Å². The predicted molar refractivity (Wildman–Crippen MR) is 115 cm³/mol. The van der Waals surface area contributed by atoms with Crippen molar-refractivity contribution in [2.75, 3.05) is 5.75 Å². The fourth-order valence-electron chi connectivity index (χ4n) is 3.59. The highest BCUT2D eigenvalue weighted by Crippen LogP contribution is 2.32. The first-order valence-electron chi connectivity index (χ1n) is 10.0. The first kappa shape index (κ1) is 18.4. The third-order valence-electron chi connectivity index (χ3n) is 5.00. The molecule has 0 radical (unpaired) electrons. The summed E-state index contributed by atoms with van der Waals surface area (Å²) in [7, 11) is 0. The minimum Gasteiger partial charge on any atom is -0.283 e. The molecule has 0 spiro atoms. The van der Waals surface area contributed by atoms with E-state index < -0.39 is 0 Å². The van der Waals surface area contributed by atoms with Gasteiger partial charge in [-0.15, -0.1) is 0 Å². The summed E-state index contributed by atoms with van der Waals surface area (Å²) in [6.07, 6.45) is 12.6. The zero-order chi connectivity index (χ0) is 17.3. The van der Waals surface area contributed by atoms with Crippen LogP contribution in [0.15, 0.2) is 48.5 Å². The standard InChI is InChI=1S/C23H31NS/c1-2-3-4-5-6-7-8-9-14-19-25-24-22-17-12-10-15-20(22)21-16-11-13-18-23(21)24/h10-13,15-18H,2-9,14,19H2,1H3. The monoisotopic (exact) mass is 353 g/mol. The molecule has 2 aromatic carbocycles. The smallest absolute Gasteiger partial charge is 0.0604 e. The van der Waals surface area contributed by atoms with E-state index in [0.717, 1.165) is 0 Å². The Bertz CT molecular complexity index is 721. The van der Waals surface area contributed by atoms with Gasteiger partial charge in [0.2, 0.25) is 0 Å². The number of fused-ring (bicyclic) bond motifs is 3. The number of hydrogen-bond acceptors (Lipinski definition) is 1. The largest absolute Gasteiger partial charge is 0.283 e. The van der Waals surface area contributed by atoms with Crippen LogP contribution < -0.4 is 0 Å².